The molecule has 2 atom stereocenters. The zero-order chi connectivity index (χ0) is 22.6. The molecule has 0 bridgehead atoms. The predicted octanol–water partition coefficient (Wildman–Crippen LogP) is 0.850. The lowest BCUT2D eigenvalue weighted by molar-refractivity contribution is -0.913. The molecule has 3 heterocycles. The van der Waals surface area contributed by atoms with Gasteiger partial charge in [0.05, 0.1) is 30.2 Å². The fourth-order valence-corrected chi connectivity index (χ4v) is 5.01. The fourth-order valence-electron chi connectivity index (χ4n) is 4.89. The zero-order valence-corrected chi connectivity index (χ0v) is 20.5. The van der Waals surface area contributed by atoms with E-state index in [0.717, 1.165) is 65.9 Å². The molecule has 0 spiro atoms. The normalized spacial score (nSPS) is 18.3. The van der Waals surface area contributed by atoms with Crippen molar-refractivity contribution in [2.75, 3.05) is 13.1 Å². The van der Waals surface area contributed by atoms with Crippen molar-refractivity contribution in [2.45, 2.75) is 38.3 Å². The summed E-state index contributed by atoms with van der Waals surface area (Å²) in [5.41, 5.74) is 3.41. The van der Waals surface area contributed by atoms with Crippen molar-refractivity contribution in [3.63, 3.8) is 0 Å². The molecule has 1 N–H and O–H groups in total. The van der Waals surface area contributed by atoms with Crippen LogP contribution in [-0.4, -0.2) is 27.9 Å². The van der Waals surface area contributed by atoms with Gasteiger partial charge in [0.15, 0.2) is 0 Å². The quantitative estimate of drug-likeness (QED) is 0.447. The third-order valence-corrected chi connectivity index (χ3v) is 6.89. The van der Waals surface area contributed by atoms with E-state index in [2.05, 4.69) is 17.1 Å². The van der Waals surface area contributed by atoms with Gasteiger partial charge >= 0.3 is 0 Å². The van der Waals surface area contributed by atoms with Crippen LogP contribution in [-0.2, 0) is 13.0 Å². The van der Waals surface area contributed by atoms with Gasteiger partial charge < -0.3 is 17.3 Å². The molecule has 4 aromatic rings. The van der Waals surface area contributed by atoms with Gasteiger partial charge in [0.1, 0.15) is 6.54 Å². The third-order valence-electron chi connectivity index (χ3n) is 6.64. The molecular weight excluding hydrogens is 467 g/mol. The molecule has 1 saturated heterocycles. The van der Waals surface area contributed by atoms with E-state index in [-0.39, 0.29) is 24.0 Å². The van der Waals surface area contributed by atoms with E-state index < -0.39 is 0 Å². The van der Waals surface area contributed by atoms with E-state index in [1.165, 1.54) is 5.56 Å². The highest BCUT2D eigenvalue weighted by Crippen LogP contribution is 2.22. The molecule has 1 aliphatic heterocycles. The first-order valence-corrected chi connectivity index (χ1v) is 12.0. The Morgan fingerprint density at radius 1 is 0.912 bits per heavy atom. The van der Waals surface area contributed by atoms with Crippen LogP contribution < -0.4 is 22.9 Å². The lowest BCUT2D eigenvalue weighted by Crippen LogP contribution is -3.10. The first kappa shape index (κ1) is 24.4. The molecule has 7 heteroatoms. The van der Waals surface area contributed by atoms with Crippen LogP contribution in [0.4, 0.5) is 0 Å². The molecule has 1 fully saturated rings. The number of nitrogens with one attached hydrogen (secondary N) is 1. The monoisotopic (exact) mass is 494 g/mol. The van der Waals surface area contributed by atoms with Gasteiger partial charge in [-0.15, -0.1) is 0 Å². The van der Waals surface area contributed by atoms with Crippen molar-refractivity contribution in [1.29, 1.82) is 0 Å². The molecule has 5 nitrogen and oxygen atoms in total. The van der Waals surface area contributed by atoms with Gasteiger partial charge in [-0.05, 0) is 48.7 Å². The number of benzene rings is 2. The van der Waals surface area contributed by atoms with Crippen LogP contribution in [0, 0.1) is 0 Å². The molecule has 2 aromatic carbocycles. The average molecular weight is 495 g/mol. The molecule has 2 aromatic heterocycles. The van der Waals surface area contributed by atoms with E-state index in [4.69, 9.17) is 16.7 Å². The maximum Gasteiger partial charge on any atom is 0.274 e. The second-order valence-electron chi connectivity index (χ2n) is 8.91. The minimum absolute atomic E-state index is 0. The van der Waals surface area contributed by atoms with Crippen molar-refractivity contribution in [2.24, 2.45) is 0 Å². The van der Waals surface area contributed by atoms with E-state index in [1.54, 1.807) is 9.58 Å². The van der Waals surface area contributed by atoms with E-state index in [9.17, 15) is 4.79 Å². The number of nitrogens with zero attached hydrogens (tertiary/aromatic N) is 3. The summed E-state index contributed by atoms with van der Waals surface area (Å²) in [6.07, 6.45) is 7.40. The lowest BCUT2D eigenvalue weighted by Gasteiger charge is -2.19. The Labute approximate surface area is 210 Å². The number of likely N-dealkylation sites (tertiary alicyclic amines) is 1. The van der Waals surface area contributed by atoms with E-state index >= 15 is 0 Å². The summed E-state index contributed by atoms with van der Waals surface area (Å²) >= 11 is 6.07. The molecule has 0 radical (unpaired) electrons. The van der Waals surface area contributed by atoms with Crippen molar-refractivity contribution < 1.29 is 17.3 Å². The van der Waals surface area contributed by atoms with Gasteiger partial charge in [-0.1, -0.05) is 41.9 Å². The standard InChI is InChI=1S/C27H27ClN4O.ClH/c28-22-9-7-20(8-10-22)18-26-24-5-1-2-6-25(24)27(33)32(30-26)23-4-3-16-31(17-13-23)19-21-11-14-29-15-12-21;/h1-2,5-12,14-15,23H,3-4,13,16-19H2;1H. The summed E-state index contributed by atoms with van der Waals surface area (Å²) in [5, 5.41) is 7.36. The summed E-state index contributed by atoms with van der Waals surface area (Å²) in [6, 6.07) is 20.0. The summed E-state index contributed by atoms with van der Waals surface area (Å²) in [4.78, 5) is 19.1. The molecule has 2 unspecified atom stereocenters. The van der Waals surface area contributed by atoms with Crippen molar-refractivity contribution >= 4 is 22.4 Å². The number of hydrogen-bond donors (Lipinski definition) is 1. The van der Waals surface area contributed by atoms with Crippen molar-refractivity contribution in [3.8, 4) is 0 Å². The number of fused-ring (bicyclic) bond motifs is 1. The van der Waals surface area contributed by atoms with Gasteiger partial charge in [-0.2, -0.15) is 5.10 Å². The minimum atomic E-state index is 0. The first-order valence-electron chi connectivity index (χ1n) is 11.6. The minimum Gasteiger partial charge on any atom is -1.00 e. The Hall–Kier alpha value is -2.73. The maximum atomic E-state index is 13.4. The number of halogens is 2. The topological polar surface area (TPSA) is 52.2 Å². The summed E-state index contributed by atoms with van der Waals surface area (Å²) in [7, 11) is 0. The number of aromatic nitrogens is 3. The molecule has 34 heavy (non-hydrogen) atoms. The fraction of sp³-hybridized carbons (Fsp3) is 0.296. The highest BCUT2D eigenvalue weighted by molar-refractivity contribution is 6.30. The Balaban J connectivity index is 0.00000274. The van der Waals surface area contributed by atoms with E-state index in [1.807, 2.05) is 60.9 Å². The number of quaternary nitrogens is 1. The second-order valence-corrected chi connectivity index (χ2v) is 9.35. The number of hydrogen-bond acceptors (Lipinski definition) is 3. The van der Waals surface area contributed by atoms with Gasteiger partial charge in [0.25, 0.3) is 5.56 Å². The highest BCUT2D eigenvalue weighted by atomic mass is 35.5. The van der Waals surface area contributed by atoms with Crippen LogP contribution in [0.25, 0.3) is 10.8 Å². The Morgan fingerprint density at radius 2 is 1.65 bits per heavy atom. The van der Waals surface area contributed by atoms with Crippen LogP contribution in [0.15, 0.2) is 77.9 Å². The molecule has 1 aliphatic rings. The summed E-state index contributed by atoms with van der Waals surface area (Å²) in [5.74, 6) is 0. The SMILES string of the molecule is O=c1c2ccccc2c(Cc2ccc(Cl)cc2)nn1C1CCC[NH+](Cc2ccncc2)CC1.[Cl-]. The molecular formula is C27H28Cl2N4O. The molecule has 0 saturated carbocycles. The predicted molar refractivity (Wildman–Crippen MR) is 132 cm³/mol. The summed E-state index contributed by atoms with van der Waals surface area (Å²) in [6.45, 7) is 3.14. The highest BCUT2D eigenvalue weighted by Gasteiger charge is 2.24. The van der Waals surface area contributed by atoms with Crippen LogP contribution in [0.3, 0.4) is 0 Å². The Bertz CT molecular complexity index is 1290. The van der Waals surface area contributed by atoms with Crippen molar-refractivity contribution in [3.05, 3.63) is 105 Å². The van der Waals surface area contributed by atoms with Gasteiger partial charge in [0.2, 0.25) is 0 Å². The zero-order valence-electron chi connectivity index (χ0n) is 19.0. The molecule has 5 rings (SSSR count). The van der Waals surface area contributed by atoms with Gasteiger partial charge in [0, 0.05) is 41.2 Å². The molecule has 0 amide bonds. The lowest BCUT2D eigenvalue weighted by atomic mass is 10.0. The number of rotatable bonds is 5. The first-order chi connectivity index (χ1) is 16.2. The number of pyridine rings is 1. The van der Waals surface area contributed by atoms with Crippen LogP contribution in [0.5, 0.6) is 0 Å². The smallest absolute Gasteiger partial charge is 0.274 e. The Morgan fingerprint density at radius 3 is 2.41 bits per heavy atom. The maximum absolute atomic E-state index is 13.4. The Kier molecular flexibility index (Phi) is 7.99. The van der Waals surface area contributed by atoms with Crippen LogP contribution in [0.2, 0.25) is 5.02 Å². The largest absolute Gasteiger partial charge is 1.00 e. The van der Waals surface area contributed by atoms with Crippen LogP contribution >= 0.6 is 11.6 Å². The van der Waals surface area contributed by atoms with Gasteiger partial charge in [-0.25, -0.2) is 4.68 Å². The van der Waals surface area contributed by atoms with E-state index in [0.29, 0.717) is 6.42 Å². The molecule has 176 valence electrons. The third kappa shape index (κ3) is 5.49. The van der Waals surface area contributed by atoms with Crippen molar-refractivity contribution in [1.82, 2.24) is 14.8 Å². The second kappa shape index (κ2) is 11.1. The average Bonchev–Trinajstić information content (AvgIpc) is 3.08. The molecule has 0 aliphatic carbocycles. The van der Waals surface area contributed by atoms with Gasteiger partial charge in [-0.3, -0.25) is 9.78 Å². The summed E-state index contributed by atoms with van der Waals surface area (Å²) < 4.78 is 1.78. The van der Waals surface area contributed by atoms with Crippen LogP contribution in [0.1, 0.15) is 42.1 Å².